The number of benzene rings is 4. The Morgan fingerprint density at radius 2 is 1.30 bits per heavy atom. The van der Waals surface area contributed by atoms with Crippen molar-refractivity contribution < 1.29 is 0 Å². The Morgan fingerprint density at radius 1 is 0.630 bits per heavy atom. The lowest BCUT2D eigenvalue weighted by molar-refractivity contribution is 0.811. The van der Waals surface area contributed by atoms with Crippen LogP contribution in [0.5, 0.6) is 0 Å². The van der Waals surface area contributed by atoms with E-state index in [1.54, 1.807) is 0 Å². The summed E-state index contributed by atoms with van der Waals surface area (Å²) in [5, 5.41) is 0.759. The molecule has 0 N–H and O–H groups in total. The average molecular weight is 368 g/mol. The van der Waals surface area contributed by atoms with Gasteiger partial charge in [0, 0.05) is 22.0 Å². The fourth-order valence-corrected chi connectivity index (χ4v) is 4.21. The molecule has 1 atom stereocenters. The van der Waals surface area contributed by atoms with E-state index in [1.165, 1.54) is 33.6 Å². The number of hydrogen-bond donors (Lipinski definition) is 0. The molecule has 0 aromatic heterocycles. The number of hydrogen-bond acceptors (Lipinski definition) is 1. The maximum absolute atomic E-state index is 6.37. The van der Waals surface area contributed by atoms with Gasteiger partial charge in [-0.1, -0.05) is 84.4 Å². The van der Waals surface area contributed by atoms with E-state index in [-0.39, 0.29) is 6.04 Å². The average Bonchev–Trinajstić information content (AvgIpc) is 2.74. The molecule has 0 saturated heterocycles. The van der Waals surface area contributed by atoms with Gasteiger partial charge in [0.15, 0.2) is 0 Å². The van der Waals surface area contributed by atoms with Crippen molar-refractivity contribution in [2.75, 3.05) is 4.90 Å². The predicted molar refractivity (Wildman–Crippen MR) is 114 cm³/mol. The summed E-state index contributed by atoms with van der Waals surface area (Å²) in [4.78, 5) is 2.42. The number of anilines is 2. The predicted octanol–water partition coefficient (Wildman–Crippen LogP) is 7.25. The monoisotopic (exact) mass is 367 g/mol. The number of fused-ring (bicyclic) bond motifs is 3. The van der Waals surface area contributed by atoms with E-state index in [2.05, 4.69) is 102 Å². The van der Waals surface area contributed by atoms with Gasteiger partial charge in [0.05, 0.1) is 6.04 Å². The van der Waals surface area contributed by atoms with Crippen molar-refractivity contribution in [1.82, 2.24) is 0 Å². The van der Waals surface area contributed by atoms with Crippen LogP contribution in [0.15, 0.2) is 103 Å². The Bertz CT molecular complexity index is 1090. The van der Waals surface area contributed by atoms with E-state index >= 15 is 0 Å². The molecule has 1 heterocycles. The lowest BCUT2D eigenvalue weighted by Gasteiger charge is -2.40. The molecule has 130 valence electrons. The lowest BCUT2D eigenvalue weighted by Crippen LogP contribution is -2.28. The summed E-state index contributed by atoms with van der Waals surface area (Å²) < 4.78 is 0. The number of nitrogens with zero attached hydrogens (tertiary/aromatic N) is 1. The van der Waals surface area contributed by atoms with Crippen LogP contribution in [-0.4, -0.2) is 0 Å². The number of halogens is 1. The van der Waals surface area contributed by atoms with E-state index in [0.29, 0.717) is 0 Å². The van der Waals surface area contributed by atoms with Gasteiger partial charge in [0.1, 0.15) is 0 Å². The van der Waals surface area contributed by atoms with Crippen molar-refractivity contribution in [3.05, 3.63) is 119 Å². The van der Waals surface area contributed by atoms with Crippen molar-refractivity contribution in [2.45, 2.75) is 6.04 Å². The molecule has 2 heteroatoms. The highest BCUT2D eigenvalue weighted by atomic mass is 35.5. The highest BCUT2D eigenvalue weighted by Gasteiger charge is 2.32. The first kappa shape index (κ1) is 16.2. The Hall–Kier alpha value is -3.03. The van der Waals surface area contributed by atoms with Crippen LogP contribution in [-0.2, 0) is 0 Å². The van der Waals surface area contributed by atoms with Gasteiger partial charge in [-0.25, -0.2) is 0 Å². The van der Waals surface area contributed by atoms with Crippen LogP contribution in [0.25, 0.3) is 11.1 Å². The summed E-state index contributed by atoms with van der Waals surface area (Å²) >= 11 is 6.37. The molecule has 0 bridgehead atoms. The Labute approximate surface area is 164 Å². The van der Waals surface area contributed by atoms with Crippen LogP contribution >= 0.6 is 11.6 Å². The third-order valence-electron chi connectivity index (χ3n) is 5.17. The Balaban J connectivity index is 1.84. The highest BCUT2D eigenvalue weighted by Crippen LogP contribution is 2.50. The maximum atomic E-state index is 6.37. The number of para-hydroxylation sites is 1. The Morgan fingerprint density at radius 3 is 2.07 bits per heavy atom. The third kappa shape index (κ3) is 2.72. The zero-order chi connectivity index (χ0) is 18.2. The van der Waals surface area contributed by atoms with E-state index in [4.69, 9.17) is 11.6 Å². The second kappa shape index (κ2) is 6.61. The van der Waals surface area contributed by atoms with Crippen LogP contribution in [0.3, 0.4) is 0 Å². The molecule has 0 amide bonds. The third-order valence-corrected chi connectivity index (χ3v) is 5.41. The fraction of sp³-hybridized carbons (Fsp3) is 0.0400. The van der Waals surface area contributed by atoms with Crippen molar-refractivity contribution in [1.29, 1.82) is 0 Å². The summed E-state index contributed by atoms with van der Waals surface area (Å²) in [6.45, 7) is 0. The van der Waals surface area contributed by atoms with Gasteiger partial charge in [0.2, 0.25) is 0 Å². The van der Waals surface area contributed by atoms with Crippen LogP contribution in [0.4, 0.5) is 11.4 Å². The first-order valence-corrected chi connectivity index (χ1v) is 9.49. The molecule has 1 aliphatic rings. The van der Waals surface area contributed by atoms with E-state index in [1.807, 2.05) is 6.07 Å². The minimum Gasteiger partial charge on any atom is -0.329 e. The normalized spacial score (nSPS) is 15.1. The molecule has 5 rings (SSSR count). The van der Waals surface area contributed by atoms with Gasteiger partial charge in [-0.2, -0.15) is 0 Å². The summed E-state index contributed by atoms with van der Waals surface area (Å²) in [5.74, 6) is 0. The lowest BCUT2D eigenvalue weighted by atomic mass is 9.84. The largest absolute Gasteiger partial charge is 0.329 e. The summed E-state index contributed by atoms with van der Waals surface area (Å²) in [7, 11) is 0. The van der Waals surface area contributed by atoms with Crippen LogP contribution in [0.2, 0.25) is 5.02 Å². The van der Waals surface area contributed by atoms with Crippen molar-refractivity contribution in [3.8, 4) is 11.1 Å². The second-order valence-corrected chi connectivity index (χ2v) is 7.20. The molecule has 1 aliphatic heterocycles. The molecule has 0 aliphatic carbocycles. The first-order chi connectivity index (χ1) is 13.3. The molecule has 0 fully saturated rings. The van der Waals surface area contributed by atoms with Gasteiger partial charge >= 0.3 is 0 Å². The zero-order valence-electron chi connectivity index (χ0n) is 14.7. The van der Waals surface area contributed by atoms with Crippen LogP contribution in [0, 0.1) is 0 Å². The quantitative estimate of drug-likeness (QED) is 0.360. The smallest absolute Gasteiger partial charge is 0.0851 e. The maximum Gasteiger partial charge on any atom is 0.0851 e. The molecule has 4 aromatic carbocycles. The van der Waals surface area contributed by atoms with Crippen LogP contribution < -0.4 is 4.90 Å². The van der Waals surface area contributed by atoms with E-state index in [9.17, 15) is 0 Å². The van der Waals surface area contributed by atoms with Crippen molar-refractivity contribution in [2.24, 2.45) is 0 Å². The summed E-state index contributed by atoms with van der Waals surface area (Å²) in [5.41, 5.74) is 7.34. The van der Waals surface area contributed by atoms with Gasteiger partial charge in [-0.3, -0.25) is 0 Å². The highest BCUT2D eigenvalue weighted by molar-refractivity contribution is 6.31. The first-order valence-electron chi connectivity index (χ1n) is 9.11. The summed E-state index contributed by atoms with van der Waals surface area (Å²) in [6, 6.07) is 36.2. The molecule has 1 unspecified atom stereocenters. The molecule has 0 spiro atoms. The van der Waals surface area contributed by atoms with E-state index < -0.39 is 0 Å². The van der Waals surface area contributed by atoms with Gasteiger partial charge < -0.3 is 4.90 Å². The molecule has 27 heavy (non-hydrogen) atoms. The second-order valence-electron chi connectivity index (χ2n) is 6.77. The molecule has 0 radical (unpaired) electrons. The van der Waals surface area contributed by atoms with Gasteiger partial charge in [-0.15, -0.1) is 0 Å². The topological polar surface area (TPSA) is 3.24 Å². The van der Waals surface area contributed by atoms with Gasteiger partial charge in [0.25, 0.3) is 0 Å². The molecular formula is C25H18ClN. The number of rotatable bonds is 2. The minimum atomic E-state index is 0.110. The SMILES string of the molecule is Clc1ccc2c(c1)-c1ccccc1C(c1ccccc1)N2c1ccccc1. The summed E-state index contributed by atoms with van der Waals surface area (Å²) in [6.07, 6.45) is 0. The fourth-order valence-electron chi connectivity index (χ4n) is 4.03. The molecule has 0 saturated carbocycles. The molecular weight excluding hydrogens is 350 g/mol. The van der Waals surface area contributed by atoms with E-state index in [0.717, 1.165) is 5.02 Å². The van der Waals surface area contributed by atoms with Crippen molar-refractivity contribution >= 4 is 23.0 Å². The van der Waals surface area contributed by atoms with Crippen molar-refractivity contribution in [3.63, 3.8) is 0 Å². The minimum absolute atomic E-state index is 0.110. The van der Waals surface area contributed by atoms with Crippen LogP contribution in [0.1, 0.15) is 17.2 Å². The zero-order valence-corrected chi connectivity index (χ0v) is 15.5. The Kier molecular flexibility index (Phi) is 3.95. The standard InChI is InChI=1S/C25H18ClN/c26-19-15-16-24-23(17-19)21-13-7-8-14-22(21)25(18-9-3-1-4-10-18)27(24)20-11-5-2-6-12-20/h1-17,25H. The van der Waals surface area contributed by atoms with Gasteiger partial charge in [-0.05, 0) is 47.0 Å². The molecule has 4 aromatic rings. The molecule has 1 nitrogen and oxygen atoms in total.